The van der Waals surface area contributed by atoms with Gasteiger partial charge in [-0.25, -0.2) is 0 Å². The zero-order valence-electron chi connectivity index (χ0n) is 5.22. The highest BCUT2D eigenvalue weighted by Gasteiger charge is 2.12. The smallest absolute Gasteiger partial charge is 0.103 e. The van der Waals surface area contributed by atoms with Gasteiger partial charge in [0, 0.05) is 12.7 Å². The van der Waals surface area contributed by atoms with Gasteiger partial charge in [-0.3, -0.25) is 9.90 Å². The Morgan fingerprint density at radius 2 is 2.50 bits per heavy atom. The van der Waals surface area contributed by atoms with E-state index in [1.165, 1.54) is 0 Å². The van der Waals surface area contributed by atoms with Crippen molar-refractivity contribution in [3.05, 3.63) is 18.7 Å². The van der Waals surface area contributed by atoms with Gasteiger partial charge in [-0.1, -0.05) is 0 Å². The maximum Gasteiger partial charge on any atom is 0.103 e. The fraction of sp³-hybridized carbons (Fsp3) is 0.500. The summed E-state index contributed by atoms with van der Waals surface area (Å²) in [7, 11) is 1.85. The van der Waals surface area contributed by atoms with Gasteiger partial charge in [0.15, 0.2) is 0 Å². The molecule has 45 valence electrons. The van der Waals surface area contributed by atoms with Crippen LogP contribution in [0.4, 0.5) is 0 Å². The molecule has 0 aromatic heterocycles. The van der Waals surface area contributed by atoms with Crippen molar-refractivity contribution in [2.75, 3.05) is 7.05 Å². The monoisotopic (exact) mass is 112 g/mol. The molecule has 0 saturated carbocycles. The molecule has 0 N–H and O–H groups in total. The molecule has 0 aliphatic carbocycles. The molecule has 1 unspecified atom stereocenters. The molecule has 8 heavy (non-hydrogen) atoms. The molecule has 0 aromatic rings. The maximum absolute atomic E-state index is 5.15. The Morgan fingerprint density at radius 3 is 2.62 bits per heavy atom. The van der Waals surface area contributed by atoms with Gasteiger partial charge < -0.3 is 0 Å². The van der Waals surface area contributed by atoms with Crippen molar-refractivity contribution in [3.8, 4) is 0 Å². The molecule has 1 atom stereocenters. The molecule has 0 saturated heterocycles. The lowest BCUT2D eigenvalue weighted by Crippen LogP contribution is -2.12. The molecule has 2 heteroatoms. The van der Waals surface area contributed by atoms with Crippen LogP contribution >= 0.6 is 0 Å². The van der Waals surface area contributed by atoms with Crippen LogP contribution in [0.3, 0.4) is 0 Å². The average molecular weight is 112 g/mol. The Kier molecular flexibility index (Phi) is 1.26. The molecule has 0 aromatic carbocycles. The SMILES string of the molecule is [CH2]C1=CC(C)ON1C. The molecule has 0 fully saturated rings. The van der Waals surface area contributed by atoms with Crippen LogP contribution in [-0.2, 0) is 4.84 Å². The van der Waals surface area contributed by atoms with E-state index in [1.54, 1.807) is 5.06 Å². The molecular formula is C6H10NO. The first-order valence-electron chi connectivity index (χ1n) is 2.64. The summed E-state index contributed by atoms with van der Waals surface area (Å²) in [5, 5.41) is 1.67. The standard InChI is InChI=1S/C6H10NO/c1-5-4-6(2)8-7(5)3/h4,6H,1H2,2-3H3. The Balaban J connectivity index is 2.59. The third-order valence-electron chi connectivity index (χ3n) is 1.16. The van der Waals surface area contributed by atoms with E-state index in [9.17, 15) is 0 Å². The van der Waals surface area contributed by atoms with E-state index in [0.717, 1.165) is 5.70 Å². The Bertz CT molecular complexity index is 120. The van der Waals surface area contributed by atoms with Gasteiger partial charge in [-0.05, 0) is 19.9 Å². The number of rotatable bonds is 0. The van der Waals surface area contributed by atoms with Crippen LogP contribution in [0.2, 0.25) is 0 Å². The highest BCUT2D eigenvalue weighted by atomic mass is 16.7. The van der Waals surface area contributed by atoms with Gasteiger partial charge in [0.1, 0.15) is 6.10 Å². The largest absolute Gasteiger partial charge is 0.267 e. The van der Waals surface area contributed by atoms with Crippen molar-refractivity contribution in [2.24, 2.45) is 0 Å². The normalized spacial score (nSPS) is 28.6. The van der Waals surface area contributed by atoms with Crippen LogP contribution in [0.5, 0.6) is 0 Å². The van der Waals surface area contributed by atoms with Crippen LogP contribution in [0.15, 0.2) is 11.8 Å². The Morgan fingerprint density at radius 1 is 1.88 bits per heavy atom. The molecule has 1 aliphatic heterocycles. The van der Waals surface area contributed by atoms with E-state index in [1.807, 2.05) is 20.0 Å². The van der Waals surface area contributed by atoms with Crippen LogP contribution < -0.4 is 0 Å². The zero-order valence-corrected chi connectivity index (χ0v) is 5.22. The molecule has 0 amide bonds. The third kappa shape index (κ3) is 0.842. The maximum atomic E-state index is 5.15. The molecule has 2 nitrogen and oxygen atoms in total. The summed E-state index contributed by atoms with van der Waals surface area (Å²) in [6.07, 6.45) is 2.17. The average Bonchev–Trinajstić information content (AvgIpc) is 1.85. The van der Waals surface area contributed by atoms with Crippen molar-refractivity contribution in [1.29, 1.82) is 0 Å². The fourth-order valence-electron chi connectivity index (χ4n) is 0.723. The topological polar surface area (TPSA) is 12.5 Å². The van der Waals surface area contributed by atoms with Crippen molar-refractivity contribution in [1.82, 2.24) is 5.06 Å². The van der Waals surface area contributed by atoms with E-state index in [-0.39, 0.29) is 6.10 Å². The zero-order chi connectivity index (χ0) is 6.15. The Labute approximate surface area is 49.7 Å². The number of hydroxylamine groups is 2. The predicted octanol–water partition coefficient (Wildman–Crippen LogP) is 0.970. The number of hydrogen-bond acceptors (Lipinski definition) is 2. The molecule has 0 spiro atoms. The third-order valence-corrected chi connectivity index (χ3v) is 1.16. The summed E-state index contributed by atoms with van der Waals surface area (Å²) >= 11 is 0. The second-order valence-electron chi connectivity index (χ2n) is 1.97. The highest BCUT2D eigenvalue weighted by Crippen LogP contribution is 2.13. The van der Waals surface area contributed by atoms with Gasteiger partial charge in [0.25, 0.3) is 0 Å². The summed E-state index contributed by atoms with van der Waals surface area (Å²) in [6, 6.07) is 0. The number of nitrogens with zero attached hydrogens (tertiary/aromatic N) is 1. The lowest BCUT2D eigenvalue weighted by atomic mass is 10.3. The van der Waals surface area contributed by atoms with Crippen molar-refractivity contribution in [3.63, 3.8) is 0 Å². The number of hydrogen-bond donors (Lipinski definition) is 0. The van der Waals surface area contributed by atoms with E-state index in [4.69, 9.17) is 4.84 Å². The molecule has 1 heterocycles. The quantitative estimate of drug-likeness (QED) is 0.463. The Hall–Kier alpha value is -0.500. The van der Waals surface area contributed by atoms with Crippen LogP contribution in [0.1, 0.15) is 6.92 Å². The van der Waals surface area contributed by atoms with Gasteiger partial charge in [-0.2, -0.15) is 0 Å². The molecule has 1 aliphatic rings. The highest BCUT2D eigenvalue weighted by molar-refractivity contribution is 5.07. The van der Waals surface area contributed by atoms with E-state index < -0.39 is 0 Å². The van der Waals surface area contributed by atoms with Gasteiger partial charge in [0.2, 0.25) is 0 Å². The molecule has 1 radical (unpaired) electrons. The minimum absolute atomic E-state index is 0.201. The van der Waals surface area contributed by atoms with Gasteiger partial charge in [-0.15, -0.1) is 0 Å². The first-order chi connectivity index (χ1) is 3.70. The van der Waals surface area contributed by atoms with Gasteiger partial charge >= 0.3 is 0 Å². The summed E-state index contributed by atoms with van der Waals surface area (Å²) in [5.41, 5.74) is 0.942. The summed E-state index contributed by atoms with van der Waals surface area (Å²) in [4.78, 5) is 5.15. The molecule has 0 bridgehead atoms. The molecular weight excluding hydrogens is 102 g/mol. The summed E-state index contributed by atoms with van der Waals surface area (Å²) in [6.45, 7) is 5.71. The van der Waals surface area contributed by atoms with Crippen molar-refractivity contribution >= 4 is 0 Å². The lowest BCUT2D eigenvalue weighted by Gasteiger charge is -2.11. The minimum Gasteiger partial charge on any atom is -0.267 e. The number of allylic oxidation sites excluding steroid dienone is 1. The minimum atomic E-state index is 0.201. The lowest BCUT2D eigenvalue weighted by molar-refractivity contribution is -0.110. The van der Waals surface area contributed by atoms with Crippen LogP contribution in [0.25, 0.3) is 0 Å². The second kappa shape index (κ2) is 1.78. The van der Waals surface area contributed by atoms with Crippen LogP contribution in [-0.4, -0.2) is 18.2 Å². The van der Waals surface area contributed by atoms with E-state index in [2.05, 4.69) is 6.92 Å². The predicted molar refractivity (Wildman–Crippen MR) is 31.7 cm³/mol. The van der Waals surface area contributed by atoms with E-state index >= 15 is 0 Å². The second-order valence-corrected chi connectivity index (χ2v) is 1.97. The molecule has 1 rings (SSSR count). The first-order valence-corrected chi connectivity index (χ1v) is 2.64. The fourth-order valence-corrected chi connectivity index (χ4v) is 0.723. The summed E-state index contributed by atoms with van der Waals surface area (Å²) in [5.74, 6) is 0. The van der Waals surface area contributed by atoms with Gasteiger partial charge in [0.05, 0.1) is 0 Å². The van der Waals surface area contributed by atoms with Crippen molar-refractivity contribution < 1.29 is 4.84 Å². The summed E-state index contributed by atoms with van der Waals surface area (Å²) < 4.78 is 0. The van der Waals surface area contributed by atoms with E-state index in [0.29, 0.717) is 0 Å². The van der Waals surface area contributed by atoms with Crippen LogP contribution in [0, 0.1) is 6.92 Å². The first kappa shape index (κ1) is 5.63. The van der Waals surface area contributed by atoms with Crippen molar-refractivity contribution in [2.45, 2.75) is 13.0 Å².